The van der Waals surface area contributed by atoms with E-state index in [9.17, 15) is 9.59 Å². The molecule has 6 nitrogen and oxygen atoms in total. The summed E-state index contributed by atoms with van der Waals surface area (Å²) in [6.45, 7) is 2.85. The number of benzene rings is 2. The van der Waals surface area contributed by atoms with Crippen LogP contribution in [0.5, 0.6) is 11.5 Å². The minimum atomic E-state index is -0.589. The number of ether oxygens (including phenoxy) is 2. The molecule has 0 bridgehead atoms. The maximum atomic E-state index is 12.6. The van der Waals surface area contributed by atoms with E-state index < -0.39 is 12.2 Å². The molecule has 2 amide bonds. The molecule has 2 aromatic carbocycles. The zero-order chi connectivity index (χ0) is 19.9. The van der Waals surface area contributed by atoms with Gasteiger partial charge in [-0.05, 0) is 56.2 Å². The summed E-state index contributed by atoms with van der Waals surface area (Å²) in [5, 5.41) is 3.48. The molecule has 1 N–H and O–H groups in total. The second-order valence-electron chi connectivity index (χ2n) is 6.66. The minimum absolute atomic E-state index is 0.0206. The molecule has 2 aromatic rings. The van der Waals surface area contributed by atoms with E-state index in [1.807, 2.05) is 6.07 Å². The van der Waals surface area contributed by atoms with Crippen LogP contribution < -0.4 is 14.8 Å². The van der Waals surface area contributed by atoms with Gasteiger partial charge in [-0.25, -0.2) is 4.79 Å². The number of amides is 2. The van der Waals surface area contributed by atoms with Gasteiger partial charge in [-0.3, -0.25) is 4.79 Å². The van der Waals surface area contributed by atoms with Crippen LogP contribution >= 0.6 is 11.6 Å². The number of nitrogens with one attached hydrogen (secondary N) is 1. The zero-order valence-corrected chi connectivity index (χ0v) is 16.4. The average molecular weight is 403 g/mol. The fourth-order valence-corrected chi connectivity index (χ4v) is 3.19. The van der Waals surface area contributed by atoms with E-state index in [2.05, 4.69) is 5.32 Å². The molecular weight excluding hydrogens is 380 g/mol. The molecule has 3 rings (SSSR count). The first-order valence-corrected chi connectivity index (χ1v) is 9.63. The fourth-order valence-electron chi connectivity index (χ4n) is 3.06. The molecule has 1 aliphatic heterocycles. The first-order valence-electron chi connectivity index (χ1n) is 9.25. The molecule has 0 saturated carbocycles. The lowest BCUT2D eigenvalue weighted by Gasteiger charge is -2.33. The van der Waals surface area contributed by atoms with Crippen LogP contribution in [-0.2, 0) is 4.79 Å². The molecule has 148 valence electrons. The van der Waals surface area contributed by atoms with Gasteiger partial charge >= 0.3 is 6.09 Å². The molecule has 0 aliphatic carbocycles. The Labute approximate surface area is 169 Å². The fraction of sp³-hybridized carbons (Fsp3) is 0.333. The molecular formula is C21H23ClN2O4. The van der Waals surface area contributed by atoms with Crippen molar-refractivity contribution >= 4 is 23.6 Å². The third-order valence-corrected chi connectivity index (χ3v) is 4.81. The van der Waals surface area contributed by atoms with Crippen LogP contribution in [0.1, 0.15) is 19.8 Å². The summed E-state index contributed by atoms with van der Waals surface area (Å²) in [7, 11) is 0. The summed E-state index contributed by atoms with van der Waals surface area (Å²) >= 11 is 5.86. The second kappa shape index (κ2) is 9.46. The molecule has 1 heterocycles. The van der Waals surface area contributed by atoms with Crippen molar-refractivity contribution in [2.24, 2.45) is 0 Å². The van der Waals surface area contributed by atoms with E-state index in [-0.39, 0.29) is 11.9 Å². The van der Waals surface area contributed by atoms with Crippen molar-refractivity contribution in [1.29, 1.82) is 0 Å². The van der Waals surface area contributed by atoms with Gasteiger partial charge < -0.3 is 19.7 Å². The molecule has 1 aliphatic rings. The van der Waals surface area contributed by atoms with Crippen LogP contribution in [0.15, 0.2) is 54.6 Å². The van der Waals surface area contributed by atoms with E-state index in [0.29, 0.717) is 42.5 Å². The molecule has 1 fully saturated rings. The number of hydrogen-bond donors (Lipinski definition) is 1. The van der Waals surface area contributed by atoms with E-state index in [0.717, 1.165) is 0 Å². The first kappa shape index (κ1) is 20.0. The van der Waals surface area contributed by atoms with Gasteiger partial charge in [-0.1, -0.05) is 29.8 Å². The number of nitrogens with zero attached hydrogens (tertiary/aromatic N) is 1. The largest absolute Gasteiger partial charge is 0.481 e. The molecule has 1 unspecified atom stereocenters. The van der Waals surface area contributed by atoms with Crippen molar-refractivity contribution in [2.75, 3.05) is 13.1 Å². The Hall–Kier alpha value is -2.73. The summed E-state index contributed by atoms with van der Waals surface area (Å²) < 4.78 is 10.9. The highest BCUT2D eigenvalue weighted by Gasteiger charge is 2.28. The molecule has 7 heteroatoms. The Kier molecular flexibility index (Phi) is 6.76. The quantitative estimate of drug-likeness (QED) is 0.823. The van der Waals surface area contributed by atoms with Crippen LogP contribution in [0, 0.1) is 0 Å². The smallest absolute Gasteiger partial charge is 0.412 e. The van der Waals surface area contributed by atoms with E-state index in [1.54, 1.807) is 60.4 Å². The van der Waals surface area contributed by atoms with Gasteiger partial charge in [0.15, 0.2) is 6.10 Å². The Morgan fingerprint density at radius 1 is 1.04 bits per heavy atom. The Morgan fingerprint density at radius 3 is 2.32 bits per heavy atom. The van der Waals surface area contributed by atoms with Crippen molar-refractivity contribution in [1.82, 2.24) is 10.2 Å². The van der Waals surface area contributed by atoms with Crippen LogP contribution in [0.4, 0.5) is 4.79 Å². The van der Waals surface area contributed by atoms with Crippen LogP contribution in [0.25, 0.3) is 0 Å². The summed E-state index contributed by atoms with van der Waals surface area (Å²) in [6, 6.07) is 15.8. The monoisotopic (exact) mass is 402 g/mol. The highest BCUT2D eigenvalue weighted by atomic mass is 35.5. The average Bonchev–Trinajstić information content (AvgIpc) is 2.70. The molecule has 1 atom stereocenters. The molecule has 0 spiro atoms. The van der Waals surface area contributed by atoms with E-state index in [1.165, 1.54) is 0 Å². The lowest BCUT2D eigenvalue weighted by molar-refractivity contribution is -0.139. The van der Waals surface area contributed by atoms with Crippen LogP contribution in [0.3, 0.4) is 0 Å². The predicted octanol–water partition coefficient (Wildman–Crippen LogP) is 3.89. The van der Waals surface area contributed by atoms with E-state index in [4.69, 9.17) is 21.1 Å². The summed E-state index contributed by atoms with van der Waals surface area (Å²) in [5.41, 5.74) is 0. The number of carbonyl (C=O) groups excluding carboxylic acids is 2. The van der Waals surface area contributed by atoms with E-state index >= 15 is 0 Å². The molecule has 0 radical (unpaired) electrons. The predicted molar refractivity (Wildman–Crippen MR) is 107 cm³/mol. The van der Waals surface area contributed by atoms with Gasteiger partial charge in [-0.15, -0.1) is 0 Å². The van der Waals surface area contributed by atoms with Crippen molar-refractivity contribution in [2.45, 2.75) is 31.9 Å². The summed E-state index contributed by atoms with van der Waals surface area (Å²) in [5.74, 6) is 1.03. The zero-order valence-electron chi connectivity index (χ0n) is 15.6. The van der Waals surface area contributed by atoms with Crippen LogP contribution in [0.2, 0.25) is 5.02 Å². The topological polar surface area (TPSA) is 67.9 Å². The van der Waals surface area contributed by atoms with Gasteiger partial charge in [0, 0.05) is 24.2 Å². The Bertz CT molecular complexity index is 790. The summed E-state index contributed by atoms with van der Waals surface area (Å²) in [4.78, 5) is 26.4. The highest BCUT2D eigenvalue weighted by Crippen LogP contribution is 2.19. The lowest BCUT2D eigenvalue weighted by Crippen LogP contribution is -2.50. The van der Waals surface area contributed by atoms with Gasteiger partial charge in [0.05, 0.1) is 0 Å². The number of para-hydroxylation sites is 1. The van der Waals surface area contributed by atoms with Gasteiger partial charge in [-0.2, -0.15) is 0 Å². The minimum Gasteiger partial charge on any atom is -0.481 e. The summed E-state index contributed by atoms with van der Waals surface area (Å²) in [6.07, 6.45) is 0.274. The van der Waals surface area contributed by atoms with Crippen molar-refractivity contribution in [3.8, 4) is 11.5 Å². The Morgan fingerprint density at radius 2 is 1.68 bits per heavy atom. The normalized spacial score (nSPS) is 15.6. The number of piperidine rings is 1. The number of carbonyl (C=O) groups is 2. The third kappa shape index (κ3) is 5.63. The van der Waals surface area contributed by atoms with Gasteiger partial charge in [0.25, 0.3) is 5.91 Å². The van der Waals surface area contributed by atoms with Gasteiger partial charge in [0.2, 0.25) is 0 Å². The standard InChI is InChI=1S/C21H23ClN2O4/c1-15(27-19-9-7-16(22)8-10-19)20(25)24-13-11-17(12-14-24)23-21(26)28-18-5-3-2-4-6-18/h2-10,15,17H,11-14H2,1H3,(H,23,26). The molecule has 28 heavy (non-hydrogen) atoms. The highest BCUT2D eigenvalue weighted by molar-refractivity contribution is 6.30. The molecule has 0 aromatic heterocycles. The first-order chi connectivity index (χ1) is 13.5. The molecule has 1 saturated heterocycles. The number of rotatable bonds is 5. The van der Waals surface area contributed by atoms with Crippen molar-refractivity contribution < 1.29 is 19.1 Å². The number of likely N-dealkylation sites (tertiary alicyclic amines) is 1. The maximum Gasteiger partial charge on any atom is 0.412 e. The number of halogens is 1. The van der Waals surface area contributed by atoms with Crippen molar-refractivity contribution in [3.05, 3.63) is 59.6 Å². The second-order valence-corrected chi connectivity index (χ2v) is 7.10. The SMILES string of the molecule is CC(Oc1ccc(Cl)cc1)C(=O)N1CCC(NC(=O)Oc2ccccc2)CC1. The maximum absolute atomic E-state index is 12.6. The van der Waals surface area contributed by atoms with Gasteiger partial charge in [0.1, 0.15) is 11.5 Å². The lowest BCUT2D eigenvalue weighted by atomic mass is 10.0. The number of hydrogen-bond acceptors (Lipinski definition) is 4. The third-order valence-electron chi connectivity index (χ3n) is 4.56. The van der Waals surface area contributed by atoms with Crippen LogP contribution in [-0.4, -0.2) is 42.1 Å². The van der Waals surface area contributed by atoms with Crippen molar-refractivity contribution in [3.63, 3.8) is 0 Å². The Balaban J connectivity index is 1.43.